The Morgan fingerprint density at radius 3 is 2.45 bits per heavy atom. The summed E-state index contributed by atoms with van der Waals surface area (Å²) in [4.78, 5) is 11.6. The first-order valence-electron chi connectivity index (χ1n) is 11.2. The molecule has 1 saturated carbocycles. The van der Waals surface area contributed by atoms with Gasteiger partial charge < -0.3 is 15.5 Å². The van der Waals surface area contributed by atoms with Gasteiger partial charge in [0.05, 0.1) is 5.52 Å². The second-order valence-electron chi connectivity index (χ2n) is 8.72. The van der Waals surface area contributed by atoms with Crippen LogP contribution in [0.15, 0.2) is 53.0 Å². The molecule has 1 aliphatic carbocycles. The van der Waals surface area contributed by atoms with Crippen LogP contribution in [0.3, 0.4) is 0 Å². The second kappa shape index (κ2) is 10.4. The number of para-hydroxylation sites is 1. The molecular formula is C25H32BrN5. The highest BCUT2D eigenvalue weighted by Crippen LogP contribution is 2.28. The molecule has 5 nitrogen and oxygen atoms in total. The average molecular weight is 482 g/mol. The molecule has 3 aromatic rings. The van der Waals surface area contributed by atoms with Crippen LogP contribution in [0.4, 0.5) is 11.8 Å². The lowest BCUT2D eigenvalue weighted by Gasteiger charge is -2.29. The molecule has 0 spiro atoms. The summed E-state index contributed by atoms with van der Waals surface area (Å²) in [6, 6.07) is 17.3. The number of nitrogens with one attached hydrogen (secondary N) is 2. The fourth-order valence-corrected chi connectivity index (χ4v) is 4.61. The number of halogens is 1. The summed E-state index contributed by atoms with van der Waals surface area (Å²) in [7, 11) is 4.07. The third-order valence-electron chi connectivity index (χ3n) is 6.12. The number of hydrogen-bond acceptors (Lipinski definition) is 5. The monoisotopic (exact) mass is 481 g/mol. The third kappa shape index (κ3) is 5.95. The summed E-state index contributed by atoms with van der Waals surface area (Å²) in [5.41, 5.74) is 2.38. The van der Waals surface area contributed by atoms with Crippen LogP contribution in [0.2, 0.25) is 0 Å². The Kier molecular flexibility index (Phi) is 7.41. The molecule has 0 aliphatic heterocycles. The maximum Gasteiger partial charge on any atom is 0.225 e. The van der Waals surface area contributed by atoms with Crippen LogP contribution in [-0.4, -0.2) is 43.2 Å². The predicted octanol–water partition coefficient (Wildman–Crippen LogP) is 5.26. The van der Waals surface area contributed by atoms with Gasteiger partial charge in [-0.2, -0.15) is 4.98 Å². The Labute approximate surface area is 193 Å². The summed E-state index contributed by atoms with van der Waals surface area (Å²) in [6.45, 7) is 2.15. The van der Waals surface area contributed by atoms with E-state index < -0.39 is 0 Å². The predicted molar refractivity (Wildman–Crippen MR) is 134 cm³/mol. The SMILES string of the molecule is CN(C)c1nc(N[C@H]2CC[C@@H](CNCCc3ccc(Br)cc3)CC2)nc2ccccc12. The summed E-state index contributed by atoms with van der Waals surface area (Å²) in [5.74, 6) is 2.48. The zero-order chi connectivity index (χ0) is 21.6. The number of hydrogen-bond donors (Lipinski definition) is 2. The van der Waals surface area contributed by atoms with E-state index in [1.54, 1.807) is 0 Å². The first-order valence-corrected chi connectivity index (χ1v) is 12.0. The van der Waals surface area contributed by atoms with Gasteiger partial charge in [-0.1, -0.05) is 40.2 Å². The van der Waals surface area contributed by atoms with Gasteiger partial charge in [0.1, 0.15) is 5.82 Å². The lowest BCUT2D eigenvalue weighted by molar-refractivity contribution is 0.325. The van der Waals surface area contributed by atoms with Gasteiger partial charge in [0.15, 0.2) is 0 Å². The molecule has 1 heterocycles. The Balaban J connectivity index is 1.24. The molecule has 1 aliphatic rings. The summed E-state index contributed by atoms with van der Waals surface area (Å²) in [5, 5.41) is 8.36. The number of rotatable bonds is 8. The van der Waals surface area contributed by atoms with E-state index in [9.17, 15) is 0 Å². The molecule has 0 amide bonds. The van der Waals surface area contributed by atoms with E-state index in [-0.39, 0.29) is 0 Å². The molecule has 2 N–H and O–H groups in total. The smallest absolute Gasteiger partial charge is 0.225 e. The summed E-state index contributed by atoms with van der Waals surface area (Å²) in [6.07, 6.45) is 5.92. The minimum absolute atomic E-state index is 0.454. The fraction of sp³-hybridized carbons (Fsp3) is 0.440. The van der Waals surface area contributed by atoms with Crippen molar-refractivity contribution in [3.05, 3.63) is 58.6 Å². The fourth-order valence-electron chi connectivity index (χ4n) is 4.35. The highest BCUT2D eigenvalue weighted by atomic mass is 79.9. The molecule has 0 radical (unpaired) electrons. The molecular weight excluding hydrogens is 450 g/mol. The molecule has 164 valence electrons. The molecule has 31 heavy (non-hydrogen) atoms. The number of fused-ring (bicyclic) bond motifs is 1. The van der Waals surface area contributed by atoms with E-state index in [2.05, 4.69) is 67.9 Å². The topological polar surface area (TPSA) is 53.1 Å². The van der Waals surface area contributed by atoms with Crippen molar-refractivity contribution in [3.63, 3.8) is 0 Å². The Morgan fingerprint density at radius 2 is 1.71 bits per heavy atom. The van der Waals surface area contributed by atoms with Gasteiger partial charge in [-0.3, -0.25) is 0 Å². The van der Waals surface area contributed by atoms with Crippen LogP contribution in [0.1, 0.15) is 31.2 Å². The molecule has 0 unspecified atom stereocenters. The standard InChI is InChI=1S/C25H32BrN5/c1-31(2)24-22-5-3-4-6-23(22)29-25(30-24)28-21-13-9-19(10-14-21)17-27-16-15-18-7-11-20(26)12-8-18/h3-8,11-12,19,21,27H,9-10,13-17H2,1-2H3,(H,28,29,30)/t19-,21+. The van der Waals surface area contributed by atoms with Crippen LogP contribution < -0.4 is 15.5 Å². The van der Waals surface area contributed by atoms with Crippen LogP contribution in [-0.2, 0) is 6.42 Å². The lowest BCUT2D eigenvalue weighted by Crippen LogP contribution is -2.32. The molecule has 2 aromatic carbocycles. The first kappa shape index (κ1) is 22.0. The van der Waals surface area contributed by atoms with Gasteiger partial charge >= 0.3 is 0 Å². The number of aromatic nitrogens is 2. The van der Waals surface area contributed by atoms with Crippen molar-refractivity contribution in [2.75, 3.05) is 37.4 Å². The molecule has 0 bridgehead atoms. The molecule has 6 heteroatoms. The molecule has 0 saturated heterocycles. The van der Waals surface area contributed by atoms with Gasteiger partial charge in [-0.25, -0.2) is 4.98 Å². The normalized spacial score (nSPS) is 18.8. The molecule has 1 aromatic heterocycles. The Bertz CT molecular complexity index is 981. The van der Waals surface area contributed by atoms with E-state index >= 15 is 0 Å². The number of anilines is 2. The number of benzene rings is 2. The molecule has 4 rings (SSSR count). The zero-order valence-corrected chi connectivity index (χ0v) is 20.0. The van der Waals surface area contributed by atoms with Gasteiger partial charge in [0, 0.05) is 30.0 Å². The van der Waals surface area contributed by atoms with Gasteiger partial charge in [-0.05, 0) is 80.9 Å². The van der Waals surface area contributed by atoms with E-state index in [0.29, 0.717) is 6.04 Å². The van der Waals surface area contributed by atoms with E-state index in [1.165, 1.54) is 31.2 Å². The highest BCUT2D eigenvalue weighted by Gasteiger charge is 2.22. The van der Waals surface area contributed by atoms with Gasteiger partial charge in [0.2, 0.25) is 5.95 Å². The van der Waals surface area contributed by atoms with Gasteiger partial charge in [-0.15, -0.1) is 0 Å². The van der Waals surface area contributed by atoms with E-state index in [0.717, 1.165) is 52.6 Å². The maximum atomic E-state index is 4.80. The maximum absolute atomic E-state index is 4.80. The minimum Gasteiger partial charge on any atom is -0.362 e. The quantitative estimate of drug-likeness (QED) is 0.429. The molecule has 1 fully saturated rings. The summed E-state index contributed by atoms with van der Waals surface area (Å²) >= 11 is 3.49. The average Bonchev–Trinajstić information content (AvgIpc) is 2.78. The number of nitrogens with zero attached hydrogens (tertiary/aromatic N) is 3. The van der Waals surface area contributed by atoms with Crippen molar-refractivity contribution in [2.45, 2.75) is 38.1 Å². The Morgan fingerprint density at radius 1 is 0.968 bits per heavy atom. The lowest BCUT2D eigenvalue weighted by atomic mass is 9.86. The van der Waals surface area contributed by atoms with Crippen molar-refractivity contribution >= 4 is 38.6 Å². The highest BCUT2D eigenvalue weighted by molar-refractivity contribution is 9.10. The van der Waals surface area contributed by atoms with Crippen LogP contribution in [0.5, 0.6) is 0 Å². The van der Waals surface area contributed by atoms with Crippen molar-refractivity contribution in [2.24, 2.45) is 5.92 Å². The van der Waals surface area contributed by atoms with Crippen LogP contribution in [0, 0.1) is 5.92 Å². The largest absolute Gasteiger partial charge is 0.362 e. The van der Waals surface area contributed by atoms with Crippen LogP contribution in [0.25, 0.3) is 10.9 Å². The van der Waals surface area contributed by atoms with Gasteiger partial charge in [0.25, 0.3) is 0 Å². The van der Waals surface area contributed by atoms with Crippen molar-refractivity contribution in [3.8, 4) is 0 Å². The van der Waals surface area contributed by atoms with E-state index in [4.69, 9.17) is 9.97 Å². The van der Waals surface area contributed by atoms with Crippen molar-refractivity contribution < 1.29 is 0 Å². The Hall–Kier alpha value is -2.18. The first-order chi connectivity index (χ1) is 15.1. The van der Waals surface area contributed by atoms with Crippen LogP contribution >= 0.6 is 15.9 Å². The van der Waals surface area contributed by atoms with E-state index in [1.807, 2.05) is 26.2 Å². The van der Waals surface area contributed by atoms with Crippen molar-refractivity contribution in [1.82, 2.24) is 15.3 Å². The minimum atomic E-state index is 0.454. The third-order valence-corrected chi connectivity index (χ3v) is 6.65. The summed E-state index contributed by atoms with van der Waals surface area (Å²) < 4.78 is 1.14. The molecule has 0 atom stereocenters. The second-order valence-corrected chi connectivity index (χ2v) is 9.64. The van der Waals surface area contributed by atoms with Crippen molar-refractivity contribution in [1.29, 1.82) is 0 Å². The zero-order valence-electron chi connectivity index (χ0n) is 18.4.